The molecule has 0 saturated heterocycles. The summed E-state index contributed by atoms with van der Waals surface area (Å²) in [6.07, 6.45) is 0.219. The number of ketones is 2. The molecule has 4 atom stereocenters. The lowest BCUT2D eigenvalue weighted by Gasteiger charge is -2.50. The first-order valence-corrected chi connectivity index (χ1v) is 13.0. The van der Waals surface area contributed by atoms with Gasteiger partial charge in [0.25, 0.3) is 5.91 Å². The highest BCUT2D eigenvalue weighted by molar-refractivity contribution is 6.24. The molecule has 0 heterocycles. The Labute approximate surface area is 235 Å². The largest absolute Gasteiger partial charge is 0.508 e. The summed E-state index contributed by atoms with van der Waals surface area (Å²) in [7, 11) is 4.59. The number of likely N-dealkylation sites (N-methyl/N-ethyl adjacent to an activating group) is 1. The van der Waals surface area contributed by atoms with E-state index in [0.717, 1.165) is 11.1 Å². The minimum atomic E-state index is -2.67. The Morgan fingerprint density at radius 2 is 1.76 bits per heavy atom. The second-order valence-corrected chi connectivity index (χ2v) is 10.9. The summed E-state index contributed by atoms with van der Waals surface area (Å²) < 4.78 is 0. The molecule has 0 aliphatic heterocycles. The molecule has 0 aromatic heterocycles. The minimum absolute atomic E-state index is 0.0203. The zero-order valence-corrected chi connectivity index (χ0v) is 23.0. The van der Waals surface area contributed by atoms with E-state index in [1.165, 1.54) is 18.1 Å². The van der Waals surface area contributed by atoms with Crippen LogP contribution in [-0.4, -0.2) is 81.4 Å². The predicted molar refractivity (Wildman–Crippen MR) is 149 cm³/mol. The lowest BCUT2D eigenvalue weighted by molar-refractivity contribution is -0.153. The number of aliphatic hydroxyl groups is 3. The summed E-state index contributed by atoms with van der Waals surface area (Å²) >= 11 is 0. The quantitative estimate of drug-likeness (QED) is 0.207. The Kier molecular flexibility index (Phi) is 6.75. The molecule has 6 N–H and O–H groups in total. The topological polar surface area (TPSA) is 183 Å². The number of aromatic hydroxyl groups is 1. The maximum absolute atomic E-state index is 14.0. The van der Waals surface area contributed by atoms with Crippen molar-refractivity contribution in [2.75, 3.05) is 21.2 Å². The minimum Gasteiger partial charge on any atom is -0.508 e. The molecule has 2 aromatic rings. The van der Waals surface area contributed by atoms with Crippen LogP contribution in [0, 0.1) is 11.8 Å². The van der Waals surface area contributed by atoms with Crippen LogP contribution in [0.4, 0.5) is 0 Å². The maximum atomic E-state index is 14.0. The molecule has 1 fully saturated rings. The molecule has 0 unspecified atom stereocenters. The summed E-state index contributed by atoms with van der Waals surface area (Å²) in [6, 6.07) is 9.45. The van der Waals surface area contributed by atoms with Gasteiger partial charge in [-0.25, -0.2) is 0 Å². The van der Waals surface area contributed by atoms with Crippen molar-refractivity contribution in [1.82, 2.24) is 4.90 Å². The van der Waals surface area contributed by atoms with E-state index in [-0.39, 0.29) is 29.7 Å². The van der Waals surface area contributed by atoms with Crippen molar-refractivity contribution in [3.05, 3.63) is 70.0 Å². The number of nitrogens with two attached hydrogens (primary N) is 1. The van der Waals surface area contributed by atoms with E-state index in [0.29, 0.717) is 16.8 Å². The summed E-state index contributed by atoms with van der Waals surface area (Å²) in [4.78, 5) is 45.7. The van der Waals surface area contributed by atoms with E-state index >= 15 is 0 Å². The number of phenols is 1. The monoisotopic (exact) mass is 561 g/mol. The molecule has 1 saturated carbocycles. The van der Waals surface area contributed by atoms with Gasteiger partial charge in [0.2, 0.25) is 5.78 Å². The van der Waals surface area contributed by atoms with Crippen LogP contribution in [0.5, 0.6) is 5.75 Å². The number of carbonyl (C=O) groups excluding carboxylic acids is 3. The number of oxime groups is 1. The molecule has 11 heteroatoms. The van der Waals surface area contributed by atoms with Crippen LogP contribution in [0.1, 0.15) is 30.0 Å². The van der Waals surface area contributed by atoms with Crippen molar-refractivity contribution in [2.45, 2.75) is 31.4 Å². The molecule has 1 amide bonds. The van der Waals surface area contributed by atoms with Crippen LogP contribution in [0.2, 0.25) is 0 Å². The van der Waals surface area contributed by atoms with Gasteiger partial charge in [-0.05, 0) is 68.1 Å². The lowest BCUT2D eigenvalue weighted by atomic mass is 9.57. The number of primary amides is 1. The summed E-state index contributed by atoms with van der Waals surface area (Å²) in [5.41, 5.74) is 5.32. The average Bonchev–Trinajstić information content (AvgIpc) is 2.91. The normalized spacial score (nSPS) is 26.1. The van der Waals surface area contributed by atoms with Crippen molar-refractivity contribution >= 4 is 28.9 Å². The fraction of sp³-hybridized carbons (Fsp3) is 0.333. The number of carbonyl (C=O) groups is 3. The van der Waals surface area contributed by atoms with Gasteiger partial charge in [-0.3, -0.25) is 19.3 Å². The van der Waals surface area contributed by atoms with Gasteiger partial charge < -0.3 is 31.0 Å². The van der Waals surface area contributed by atoms with Gasteiger partial charge in [0.15, 0.2) is 11.4 Å². The first kappa shape index (κ1) is 28.1. The molecule has 41 heavy (non-hydrogen) atoms. The number of nitrogens with zero attached hydrogens (tertiary/aromatic N) is 2. The van der Waals surface area contributed by atoms with Gasteiger partial charge in [0.05, 0.1) is 17.3 Å². The van der Waals surface area contributed by atoms with E-state index < -0.39 is 58.0 Å². The Morgan fingerprint density at radius 3 is 2.34 bits per heavy atom. The highest BCUT2D eigenvalue weighted by Crippen LogP contribution is 2.53. The molecule has 3 aliphatic rings. The molecule has 0 radical (unpaired) electrons. The van der Waals surface area contributed by atoms with Crippen LogP contribution in [-0.2, 0) is 25.6 Å². The smallest absolute Gasteiger partial charge is 0.255 e. The third-order valence-electron chi connectivity index (χ3n) is 8.45. The van der Waals surface area contributed by atoms with Crippen molar-refractivity contribution < 1.29 is 39.6 Å². The van der Waals surface area contributed by atoms with Crippen LogP contribution in [0.3, 0.4) is 0 Å². The third kappa shape index (κ3) is 4.03. The Hall–Kier alpha value is -4.48. The second kappa shape index (κ2) is 9.86. The zero-order chi connectivity index (χ0) is 30.0. The van der Waals surface area contributed by atoms with Crippen LogP contribution in [0.15, 0.2) is 58.5 Å². The number of phenolic OH excluding ortho intramolecular Hbond substituents is 1. The molecule has 11 nitrogen and oxygen atoms in total. The van der Waals surface area contributed by atoms with E-state index in [9.17, 15) is 34.8 Å². The number of Topliss-reactive ketones (excluding diaryl/α,β-unsaturated/α-hetero) is 2. The standard InChI is InChI=1S/C30H31N3O8/c1-13(32-41-4)14-5-7-15(8-6-14)17-9-10-20(34)22-18(17)11-16-12-19-24(33(2)3)26(36)23(29(31)39)28(38)30(19,40)27(37)21(16)25(22)35/h5-10,16,19,24,34-35,38,40H,11-12H2,1-4H3,(H2,31,39)/b32-13+/t16-,19-,24-,30-/m0/s1. The average molecular weight is 562 g/mol. The van der Waals surface area contributed by atoms with Gasteiger partial charge >= 0.3 is 0 Å². The van der Waals surface area contributed by atoms with Crippen LogP contribution in [0.25, 0.3) is 16.9 Å². The number of benzene rings is 2. The number of fused-ring (bicyclic) bond motifs is 3. The summed E-state index contributed by atoms with van der Waals surface area (Å²) in [5.74, 6) is -6.81. The molecule has 3 aliphatic carbocycles. The molecule has 0 bridgehead atoms. The number of hydrogen-bond donors (Lipinski definition) is 5. The SMILES string of the molecule is CO/N=C(\C)c1ccc(-c2ccc(O)c3c2C[C@H]2C[C@H]4[C@H](N(C)C)C(=O)C(C(N)=O)=C(O)[C@@]4(O)C(=O)C2=C3O)cc1. The Morgan fingerprint density at radius 1 is 1.10 bits per heavy atom. The van der Waals surface area contributed by atoms with E-state index in [1.54, 1.807) is 20.2 Å². The number of hydrogen-bond acceptors (Lipinski definition) is 10. The molecule has 2 aromatic carbocycles. The van der Waals surface area contributed by atoms with Crippen molar-refractivity contribution in [3.63, 3.8) is 0 Å². The van der Waals surface area contributed by atoms with Crippen molar-refractivity contribution in [1.29, 1.82) is 0 Å². The van der Waals surface area contributed by atoms with Crippen LogP contribution >= 0.6 is 0 Å². The van der Waals surface area contributed by atoms with Gasteiger partial charge in [0, 0.05) is 11.5 Å². The highest BCUT2D eigenvalue weighted by Gasteiger charge is 2.64. The number of aliphatic hydroxyl groups excluding tert-OH is 2. The van der Waals surface area contributed by atoms with E-state index in [4.69, 9.17) is 10.6 Å². The second-order valence-electron chi connectivity index (χ2n) is 10.9. The molecular formula is C30H31N3O8. The number of amides is 1. The molecule has 5 rings (SSSR count). The fourth-order valence-corrected chi connectivity index (χ4v) is 6.60. The van der Waals surface area contributed by atoms with Crippen molar-refractivity contribution in [2.24, 2.45) is 22.7 Å². The summed E-state index contributed by atoms with van der Waals surface area (Å²) in [6.45, 7) is 1.81. The van der Waals surface area contributed by atoms with Gasteiger partial charge in [0.1, 0.15) is 30.0 Å². The van der Waals surface area contributed by atoms with Crippen molar-refractivity contribution in [3.8, 4) is 16.9 Å². The highest BCUT2D eigenvalue weighted by atomic mass is 16.6. The number of rotatable bonds is 5. The third-order valence-corrected chi connectivity index (χ3v) is 8.45. The van der Waals surface area contributed by atoms with Gasteiger partial charge in [-0.2, -0.15) is 0 Å². The molecule has 0 spiro atoms. The van der Waals surface area contributed by atoms with Crippen LogP contribution < -0.4 is 5.73 Å². The van der Waals surface area contributed by atoms with E-state index in [2.05, 4.69) is 5.16 Å². The molecule has 214 valence electrons. The first-order chi connectivity index (χ1) is 19.3. The molecular weight excluding hydrogens is 530 g/mol. The maximum Gasteiger partial charge on any atom is 0.255 e. The fourth-order valence-electron chi connectivity index (χ4n) is 6.60. The summed E-state index contributed by atoms with van der Waals surface area (Å²) in [5, 5.41) is 48.9. The van der Waals surface area contributed by atoms with Gasteiger partial charge in [-0.15, -0.1) is 0 Å². The van der Waals surface area contributed by atoms with E-state index in [1.807, 2.05) is 31.2 Å². The first-order valence-electron chi connectivity index (χ1n) is 13.0. The van der Waals surface area contributed by atoms with Gasteiger partial charge in [-0.1, -0.05) is 35.5 Å². The Balaban J connectivity index is 1.68. The zero-order valence-electron chi connectivity index (χ0n) is 23.0. The lowest BCUT2D eigenvalue weighted by Crippen LogP contribution is -2.65. The predicted octanol–water partition coefficient (Wildman–Crippen LogP) is 2.00. The Bertz CT molecular complexity index is 1590.